The Balaban J connectivity index is 1.91. The monoisotopic (exact) mass is 292 g/mol. The molecule has 0 amide bonds. The number of nitro benzene ring substituents is 1. The Bertz CT molecular complexity index is 482. The van der Waals surface area contributed by atoms with Gasteiger partial charge in [-0.05, 0) is 24.3 Å². The molecule has 1 aliphatic rings. The van der Waals surface area contributed by atoms with E-state index < -0.39 is 0 Å². The fourth-order valence-corrected chi connectivity index (χ4v) is 2.97. The van der Waals surface area contributed by atoms with Crippen molar-refractivity contribution in [1.29, 1.82) is 0 Å². The SMILES string of the molecule is COc1ccc([N+](=O)[O-])c(NCCC2CCC(C)CC2)c1. The van der Waals surface area contributed by atoms with E-state index in [0.29, 0.717) is 11.4 Å². The molecule has 0 radical (unpaired) electrons. The molecular weight excluding hydrogens is 268 g/mol. The summed E-state index contributed by atoms with van der Waals surface area (Å²) < 4.78 is 5.14. The first-order chi connectivity index (χ1) is 10.1. The van der Waals surface area contributed by atoms with E-state index in [1.54, 1.807) is 19.2 Å². The van der Waals surface area contributed by atoms with Gasteiger partial charge in [0.2, 0.25) is 0 Å². The third-order valence-electron chi connectivity index (χ3n) is 4.40. The van der Waals surface area contributed by atoms with Gasteiger partial charge in [-0.1, -0.05) is 32.6 Å². The zero-order valence-corrected chi connectivity index (χ0v) is 12.8. The van der Waals surface area contributed by atoms with Gasteiger partial charge < -0.3 is 10.1 Å². The highest BCUT2D eigenvalue weighted by Gasteiger charge is 2.19. The van der Waals surface area contributed by atoms with Gasteiger partial charge in [0.15, 0.2) is 0 Å². The van der Waals surface area contributed by atoms with Gasteiger partial charge >= 0.3 is 0 Å². The molecule has 0 aromatic heterocycles. The van der Waals surface area contributed by atoms with Crippen LogP contribution in [0.25, 0.3) is 0 Å². The number of nitro groups is 1. The molecule has 116 valence electrons. The summed E-state index contributed by atoms with van der Waals surface area (Å²) in [5.74, 6) is 2.24. The van der Waals surface area contributed by atoms with Crippen LogP contribution in [0.3, 0.4) is 0 Å². The first kappa shape index (κ1) is 15.6. The fourth-order valence-electron chi connectivity index (χ4n) is 2.97. The number of nitrogens with zero attached hydrogens (tertiary/aromatic N) is 1. The van der Waals surface area contributed by atoms with E-state index in [1.165, 1.54) is 31.7 Å². The van der Waals surface area contributed by atoms with E-state index in [9.17, 15) is 10.1 Å². The van der Waals surface area contributed by atoms with Crippen molar-refractivity contribution in [3.8, 4) is 5.75 Å². The molecule has 21 heavy (non-hydrogen) atoms. The maximum atomic E-state index is 11.0. The minimum atomic E-state index is -0.357. The normalized spacial score (nSPS) is 21.8. The Morgan fingerprint density at radius 3 is 2.67 bits per heavy atom. The number of hydrogen-bond donors (Lipinski definition) is 1. The van der Waals surface area contributed by atoms with Crippen molar-refractivity contribution in [3.63, 3.8) is 0 Å². The number of hydrogen-bond acceptors (Lipinski definition) is 4. The van der Waals surface area contributed by atoms with Crippen LogP contribution >= 0.6 is 0 Å². The van der Waals surface area contributed by atoms with Crippen LogP contribution in [0.1, 0.15) is 39.0 Å². The topological polar surface area (TPSA) is 64.4 Å². The second-order valence-electron chi connectivity index (χ2n) is 5.98. The average Bonchev–Trinajstić information content (AvgIpc) is 2.49. The van der Waals surface area contributed by atoms with Crippen LogP contribution in [-0.4, -0.2) is 18.6 Å². The molecule has 0 unspecified atom stereocenters. The first-order valence-corrected chi connectivity index (χ1v) is 7.66. The summed E-state index contributed by atoms with van der Waals surface area (Å²) in [6.07, 6.45) is 6.25. The lowest BCUT2D eigenvalue weighted by molar-refractivity contribution is -0.384. The molecular formula is C16H24N2O3. The lowest BCUT2D eigenvalue weighted by Gasteiger charge is -2.26. The number of benzene rings is 1. The minimum absolute atomic E-state index is 0.105. The Morgan fingerprint density at radius 1 is 1.33 bits per heavy atom. The summed E-state index contributed by atoms with van der Waals surface area (Å²) in [5, 5.41) is 14.3. The lowest BCUT2D eigenvalue weighted by atomic mass is 9.81. The molecule has 1 N–H and O–H groups in total. The summed E-state index contributed by atoms with van der Waals surface area (Å²) in [6, 6.07) is 4.80. The molecule has 2 rings (SSSR count). The van der Waals surface area contributed by atoms with E-state index in [-0.39, 0.29) is 10.6 Å². The number of nitrogens with one attached hydrogen (secondary N) is 1. The number of rotatable bonds is 6. The number of anilines is 1. The molecule has 1 aromatic carbocycles. The van der Waals surface area contributed by atoms with Crippen molar-refractivity contribution in [2.24, 2.45) is 11.8 Å². The van der Waals surface area contributed by atoms with Crippen LogP contribution in [0.4, 0.5) is 11.4 Å². The van der Waals surface area contributed by atoms with Crippen LogP contribution in [0.5, 0.6) is 5.75 Å². The van der Waals surface area contributed by atoms with Crippen molar-refractivity contribution in [2.75, 3.05) is 19.0 Å². The molecule has 0 atom stereocenters. The summed E-state index contributed by atoms with van der Waals surface area (Å²) >= 11 is 0. The fraction of sp³-hybridized carbons (Fsp3) is 0.625. The van der Waals surface area contributed by atoms with Crippen LogP contribution in [-0.2, 0) is 0 Å². The number of methoxy groups -OCH3 is 1. The molecule has 1 fully saturated rings. The maximum Gasteiger partial charge on any atom is 0.292 e. The molecule has 1 saturated carbocycles. The second-order valence-corrected chi connectivity index (χ2v) is 5.98. The van der Waals surface area contributed by atoms with Gasteiger partial charge in [-0.25, -0.2) is 0 Å². The molecule has 5 nitrogen and oxygen atoms in total. The predicted molar refractivity (Wildman–Crippen MR) is 83.9 cm³/mol. The Morgan fingerprint density at radius 2 is 2.05 bits per heavy atom. The zero-order valence-electron chi connectivity index (χ0n) is 12.8. The smallest absolute Gasteiger partial charge is 0.292 e. The molecule has 5 heteroatoms. The number of ether oxygens (including phenoxy) is 1. The molecule has 0 saturated heterocycles. The van der Waals surface area contributed by atoms with Crippen LogP contribution in [0, 0.1) is 22.0 Å². The predicted octanol–water partition coefficient (Wildman–Crippen LogP) is 4.23. The summed E-state index contributed by atoms with van der Waals surface area (Å²) in [5.41, 5.74) is 0.650. The first-order valence-electron chi connectivity index (χ1n) is 7.66. The minimum Gasteiger partial charge on any atom is -0.497 e. The van der Waals surface area contributed by atoms with E-state index >= 15 is 0 Å². The summed E-state index contributed by atoms with van der Waals surface area (Å²) in [6.45, 7) is 3.08. The van der Waals surface area contributed by atoms with Crippen LogP contribution in [0.15, 0.2) is 18.2 Å². The quantitative estimate of drug-likeness (QED) is 0.629. The van der Waals surface area contributed by atoms with Gasteiger partial charge in [-0.2, -0.15) is 0 Å². The van der Waals surface area contributed by atoms with Gasteiger partial charge in [0.05, 0.1) is 12.0 Å². The Labute approximate surface area is 125 Å². The van der Waals surface area contributed by atoms with Crippen molar-refractivity contribution >= 4 is 11.4 Å². The largest absolute Gasteiger partial charge is 0.497 e. The van der Waals surface area contributed by atoms with Gasteiger partial charge in [0.1, 0.15) is 11.4 Å². The third-order valence-corrected chi connectivity index (χ3v) is 4.40. The summed E-state index contributed by atoms with van der Waals surface area (Å²) in [7, 11) is 1.56. The molecule has 1 aromatic rings. The van der Waals surface area contributed by atoms with Gasteiger partial charge in [0.25, 0.3) is 5.69 Å². The standard InChI is InChI=1S/C16H24N2O3/c1-12-3-5-13(6-4-12)9-10-17-15-11-14(21-2)7-8-16(15)18(19)20/h7-8,11-13,17H,3-6,9-10H2,1-2H3. The van der Waals surface area contributed by atoms with Crippen molar-refractivity contribution in [2.45, 2.75) is 39.0 Å². The summed E-state index contributed by atoms with van der Waals surface area (Å²) in [4.78, 5) is 10.7. The molecule has 0 heterocycles. The lowest BCUT2D eigenvalue weighted by Crippen LogP contribution is -2.16. The van der Waals surface area contributed by atoms with E-state index in [4.69, 9.17) is 4.74 Å². The van der Waals surface area contributed by atoms with Gasteiger partial charge in [-0.15, -0.1) is 0 Å². The van der Waals surface area contributed by atoms with E-state index in [1.807, 2.05) is 0 Å². The van der Waals surface area contributed by atoms with Crippen molar-refractivity contribution in [1.82, 2.24) is 0 Å². The van der Waals surface area contributed by atoms with Crippen molar-refractivity contribution < 1.29 is 9.66 Å². The highest BCUT2D eigenvalue weighted by atomic mass is 16.6. The Hall–Kier alpha value is -1.78. The second kappa shape index (κ2) is 7.29. The van der Waals surface area contributed by atoms with Crippen molar-refractivity contribution in [3.05, 3.63) is 28.3 Å². The van der Waals surface area contributed by atoms with E-state index in [0.717, 1.165) is 24.8 Å². The molecule has 0 spiro atoms. The highest BCUT2D eigenvalue weighted by Crippen LogP contribution is 2.32. The highest BCUT2D eigenvalue weighted by molar-refractivity contribution is 5.64. The van der Waals surface area contributed by atoms with E-state index in [2.05, 4.69) is 12.2 Å². The molecule has 1 aliphatic carbocycles. The average molecular weight is 292 g/mol. The zero-order chi connectivity index (χ0) is 15.2. The van der Waals surface area contributed by atoms with Gasteiger partial charge in [0, 0.05) is 18.7 Å². The van der Waals surface area contributed by atoms with Crippen LogP contribution < -0.4 is 10.1 Å². The maximum absolute atomic E-state index is 11.0. The Kier molecular flexibility index (Phi) is 5.42. The van der Waals surface area contributed by atoms with Crippen LogP contribution in [0.2, 0.25) is 0 Å². The third kappa shape index (κ3) is 4.34. The van der Waals surface area contributed by atoms with Gasteiger partial charge in [-0.3, -0.25) is 10.1 Å². The molecule has 0 aliphatic heterocycles. The molecule has 0 bridgehead atoms.